The molecule has 1 aliphatic rings. The summed E-state index contributed by atoms with van der Waals surface area (Å²) in [6, 6.07) is 19.1. The van der Waals surface area contributed by atoms with Gasteiger partial charge in [-0.1, -0.05) is 65.9 Å². The van der Waals surface area contributed by atoms with Gasteiger partial charge in [0.05, 0.1) is 11.4 Å². The summed E-state index contributed by atoms with van der Waals surface area (Å²) < 4.78 is 8.01. The number of carbonyl (C=O) groups is 1. The van der Waals surface area contributed by atoms with Crippen molar-refractivity contribution >= 4 is 45.9 Å². The van der Waals surface area contributed by atoms with Crippen LogP contribution in [0.15, 0.2) is 76.6 Å². The van der Waals surface area contributed by atoms with Crippen LogP contribution >= 0.6 is 24.0 Å². The number of rotatable bonds is 5. The van der Waals surface area contributed by atoms with E-state index in [0.29, 0.717) is 27.2 Å². The van der Waals surface area contributed by atoms with Crippen LogP contribution in [0.1, 0.15) is 27.8 Å². The van der Waals surface area contributed by atoms with E-state index >= 15 is 0 Å². The normalized spacial score (nSPS) is 14.8. The minimum absolute atomic E-state index is 0.139. The fraction of sp³-hybridized carbons (Fsp3) is 0.143. The standard InChI is InChI=1S/C28H23N3O3S2/c1-17-7-9-20(10-8-17)16-31-27(33)23(36-28(31)35)15-22-25(34-21-13-18(2)12-19(3)14-21)29-24-6-4-5-11-30(24)26(22)32/h4-15H,16H2,1-3H3/b23-15+. The molecule has 3 heterocycles. The van der Waals surface area contributed by atoms with Crippen molar-refractivity contribution in [3.63, 3.8) is 0 Å². The number of nitrogens with zero attached hydrogens (tertiary/aromatic N) is 3. The largest absolute Gasteiger partial charge is 0.438 e. The lowest BCUT2D eigenvalue weighted by molar-refractivity contribution is -0.122. The van der Waals surface area contributed by atoms with E-state index in [9.17, 15) is 9.59 Å². The molecule has 0 bridgehead atoms. The molecule has 1 aliphatic heterocycles. The summed E-state index contributed by atoms with van der Waals surface area (Å²) in [7, 11) is 0. The van der Waals surface area contributed by atoms with Gasteiger partial charge in [0.25, 0.3) is 11.5 Å². The Bertz CT molecular complexity index is 1590. The zero-order chi connectivity index (χ0) is 25.4. The number of aryl methyl sites for hydroxylation is 3. The summed E-state index contributed by atoms with van der Waals surface area (Å²) >= 11 is 6.68. The Kier molecular flexibility index (Phi) is 6.47. The van der Waals surface area contributed by atoms with Crippen molar-refractivity contribution in [2.75, 3.05) is 0 Å². The number of thiocarbonyl (C=S) groups is 1. The molecule has 6 nitrogen and oxygen atoms in total. The third-order valence-electron chi connectivity index (χ3n) is 5.75. The van der Waals surface area contributed by atoms with Crippen LogP contribution in [0.25, 0.3) is 11.7 Å². The van der Waals surface area contributed by atoms with Crippen LogP contribution < -0.4 is 10.3 Å². The molecule has 0 unspecified atom stereocenters. The average Bonchev–Trinajstić information content (AvgIpc) is 3.09. The second-order valence-corrected chi connectivity index (χ2v) is 10.4. The lowest BCUT2D eigenvalue weighted by Crippen LogP contribution is -2.27. The zero-order valence-corrected chi connectivity index (χ0v) is 21.7. The first-order valence-electron chi connectivity index (χ1n) is 11.4. The van der Waals surface area contributed by atoms with Gasteiger partial charge in [0.15, 0.2) is 0 Å². The quantitative estimate of drug-likeness (QED) is 0.248. The third-order valence-corrected chi connectivity index (χ3v) is 7.13. The number of aromatic nitrogens is 2. The van der Waals surface area contributed by atoms with E-state index in [4.69, 9.17) is 17.0 Å². The van der Waals surface area contributed by atoms with Crippen molar-refractivity contribution in [3.8, 4) is 11.6 Å². The molecule has 8 heteroatoms. The SMILES string of the molecule is Cc1ccc(CN2C(=O)/C(=C\c3c(Oc4cc(C)cc(C)c4)nc4ccccn4c3=O)SC2=S)cc1. The summed E-state index contributed by atoms with van der Waals surface area (Å²) in [6.07, 6.45) is 3.19. The lowest BCUT2D eigenvalue weighted by Gasteiger charge is -2.14. The number of thioether (sulfide) groups is 1. The van der Waals surface area contributed by atoms with Crippen LogP contribution in [0.2, 0.25) is 0 Å². The highest BCUT2D eigenvalue weighted by Crippen LogP contribution is 2.35. The van der Waals surface area contributed by atoms with Crippen LogP contribution in [0.4, 0.5) is 0 Å². The first kappa shape index (κ1) is 24.0. The number of benzene rings is 2. The number of pyridine rings is 1. The fourth-order valence-corrected chi connectivity index (χ4v) is 5.27. The first-order chi connectivity index (χ1) is 17.3. The number of amides is 1. The number of fused-ring (bicyclic) bond motifs is 1. The summed E-state index contributed by atoms with van der Waals surface area (Å²) in [6.45, 7) is 6.33. The molecule has 0 N–H and O–H groups in total. The highest BCUT2D eigenvalue weighted by molar-refractivity contribution is 8.26. The smallest absolute Gasteiger partial charge is 0.269 e. The Balaban J connectivity index is 1.56. The Labute approximate surface area is 218 Å². The number of ether oxygens (including phenoxy) is 1. The maximum absolute atomic E-state index is 13.5. The second kappa shape index (κ2) is 9.72. The molecule has 1 fully saturated rings. The number of carbonyl (C=O) groups excluding carboxylic acids is 1. The van der Waals surface area contributed by atoms with E-state index in [2.05, 4.69) is 4.98 Å². The predicted octanol–water partition coefficient (Wildman–Crippen LogP) is 5.81. The summed E-state index contributed by atoms with van der Waals surface area (Å²) in [4.78, 5) is 33.3. The van der Waals surface area contributed by atoms with Gasteiger partial charge < -0.3 is 4.74 Å². The molecule has 1 amide bonds. The molecule has 5 rings (SSSR count). The Hall–Kier alpha value is -3.75. The summed E-state index contributed by atoms with van der Waals surface area (Å²) in [5.41, 5.74) is 4.49. The Morgan fingerprint density at radius 1 is 0.972 bits per heavy atom. The first-order valence-corrected chi connectivity index (χ1v) is 12.6. The van der Waals surface area contributed by atoms with E-state index in [1.54, 1.807) is 35.4 Å². The van der Waals surface area contributed by atoms with Crippen molar-refractivity contribution in [3.05, 3.63) is 110 Å². The lowest BCUT2D eigenvalue weighted by atomic mass is 10.1. The molecule has 180 valence electrons. The summed E-state index contributed by atoms with van der Waals surface area (Å²) in [5.74, 6) is 0.460. The van der Waals surface area contributed by atoms with Crippen molar-refractivity contribution in [1.29, 1.82) is 0 Å². The Morgan fingerprint density at radius 2 is 1.69 bits per heavy atom. The fourth-order valence-electron chi connectivity index (χ4n) is 4.03. The van der Waals surface area contributed by atoms with E-state index in [-0.39, 0.29) is 22.9 Å². The number of hydrogen-bond acceptors (Lipinski definition) is 6. The molecule has 0 aliphatic carbocycles. The summed E-state index contributed by atoms with van der Waals surface area (Å²) in [5, 5.41) is 0. The van der Waals surface area contributed by atoms with Crippen LogP contribution in [0.3, 0.4) is 0 Å². The molecule has 1 saturated heterocycles. The Morgan fingerprint density at radius 3 is 2.42 bits per heavy atom. The topological polar surface area (TPSA) is 63.9 Å². The molecule has 0 saturated carbocycles. The van der Waals surface area contributed by atoms with E-state index < -0.39 is 0 Å². The van der Waals surface area contributed by atoms with Crippen LogP contribution in [0, 0.1) is 20.8 Å². The third kappa shape index (κ3) is 4.82. The van der Waals surface area contributed by atoms with Gasteiger partial charge in [-0.15, -0.1) is 0 Å². The monoisotopic (exact) mass is 513 g/mol. The van der Waals surface area contributed by atoms with Gasteiger partial charge in [0.2, 0.25) is 5.88 Å². The van der Waals surface area contributed by atoms with Crippen molar-refractivity contribution in [2.24, 2.45) is 0 Å². The second-order valence-electron chi connectivity index (χ2n) is 8.74. The van der Waals surface area contributed by atoms with Crippen LogP contribution in [-0.4, -0.2) is 24.5 Å². The molecule has 2 aromatic carbocycles. The van der Waals surface area contributed by atoms with Gasteiger partial charge in [0, 0.05) is 6.20 Å². The van der Waals surface area contributed by atoms with Gasteiger partial charge in [-0.3, -0.25) is 18.9 Å². The van der Waals surface area contributed by atoms with E-state index in [0.717, 1.165) is 22.3 Å². The highest BCUT2D eigenvalue weighted by atomic mass is 32.2. The molecule has 0 radical (unpaired) electrons. The van der Waals surface area contributed by atoms with Crippen LogP contribution in [-0.2, 0) is 11.3 Å². The minimum Gasteiger partial charge on any atom is -0.438 e. The molecule has 4 aromatic rings. The van der Waals surface area contributed by atoms with Gasteiger partial charge in [-0.25, -0.2) is 0 Å². The maximum Gasteiger partial charge on any atom is 0.269 e. The average molecular weight is 514 g/mol. The molecule has 2 aromatic heterocycles. The van der Waals surface area contributed by atoms with Gasteiger partial charge in [0.1, 0.15) is 21.3 Å². The molecule has 0 spiro atoms. The molecule has 36 heavy (non-hydrogen) atoms. The van der Waals surface area contributed by atoms with E-state index in [1.807, 2.05) is 63.2 Å². The van der Waals surface area contributed by atoms with Crippen molar-refractivity contribution < 1.29 is 9.53 Å². The van der Waals surface area contributed by atoms with Crippen molar-refractivity contribution in [2.45, 2.75) is 27.3 Å². The maximum atomic E-state index is 13.5. The van der Waals surface area contributed by atoms with Crippen LogP contribution in [0.5, 0.6) is 11.6 Å². The molecular weight excluding hydrogens is 490 g/mol. The minimum atomic E-state index is -0.330. The van der Waals surface area contributed by atoms with Gasteiger partial charge >= 0.3 is 0 Å². The van der Waals surface area contributed by atoms with Crippen molar-refractivity contribution in [1.82, 2.24) is 14.3 Å². The van der Waals surface area contributed by atoms with Gasteiger partial charge in [-0.05, 0) is 67.8 Å². The molecular formula is C28H23N3O3S2. The van der Waals surface area contributed by atoms with E-state index in [1.165, 1.54) is 16.2 Å². The molecule has 0 atom stereocenters. The highest BCUT2D eigenvalue weighted by Gasteiger charge is 2.33. The zero-order valence-electron chi connectivity index (χ0n) is 20.0. The van der Waals surface area contributed by atoms with Gasteiger partial charge in [-0.2, -0.15) is 4.98 Å². The predicted molar refractivity (Wildman–Crippen MR) is 147 cm³/mol. The number of hydrogen-bond donors (Lipinski definition) is 0.